The molecule has 2 heterocycles. The van der Waals surface area contributed by atoms with E-state index in [2.05, 4.69) is 9.88 Å². The average Bonchev–Trinajstić information content (AvgIpc) is 3.03. The van der Waals surface area contributed by atoms with Gasteiger partial charge in [-0.25, -0.2) is 4.98 Å². The number of nitrogens with zero attached hydrogens (tertiary/aromatic N) is 2. The van der Waals surface area contributed by atoms with Crippen molar-refractivity contribution in [2.24, 2.45) is 0 Å². The molecule has 0 saturated carbocycles. The van der Waals surface area contributed by atoms with Gasteiger partial charge in [-0.15, -0.1) is 11.3 Å². The number of morpholine rings is 1. The van der Waals surface area contributed by atoms with Gasteiger partial charge in [-0.1, -0.05) is 18.2 Å². The van der Waals surface area contributed by atoms with Crippen molar-refractivity contribution < 1.29 is 9.47 Å². The summed E-state index contributed by atoms with van der Waals surface area (Å²) in [7, 11) is 0. The quantitative estimate of drug-likeness (QED) is 0.848. The van der Waals surface area contributed by atoms with Crippen molar-refractivity contribution in [1.29, 1.82) is 0 Å². The van der Waals surface area contributed by atoms with Gasteiger partial charge < -0.3 is 9.47 Å². The van der Waals surface area contributed by atoms with Crippen LogP contribution in [-0.2, 0) is 4.74 Å². The first-order chi connectivity index (χ1) is 9.92. The highest BCUT2D eigenvalue weighted by Gasteiger charge is 2.23. The van der Waals surface area contributed by atoms with E-state index in [1.54, 1.807) is 11.3 Å². The SMILES string of the molecule is c1ccc(OCCN2CCOC(c3nccs3)C2)cc1. The van der Waals surface area contributed by atoms with Gasteiger partial charge in [0.05, 0.1) is 6.61 Å². The maximum atomic E-state index is 5.78. The molecule has 2 aromatic rings. The third-order valence-electron chi connectivity index (χ3n) is 3.30. The van der Waals surface area contributed by atoms with E-state index in [1.807, 2.05) is 41.9 Å². The Hall–Kier alpha value is -1.43. The standard InChI is InChI=1S/C15H18N2O2S/c1-2-4-13(5-3-1)18-9-7-17-8-10-19-14(12-17)15-16-6-11-20-15/h1-6,11,14H,7-10,12H2. The molecule has 0 aliphatic carbocycles. The van der Waals surface area contributed by atoms with E-state index < -0.39 is 0 Å². The van der Waals surface area contributed by atoms with Gasteiger partial charge in [0.2, 0.25) is 0 Å². The van der Waals surface area contributed by atoms with Gasteiger partial charge in [-0.2, -0.15) is 0 Å². The van der Waals surface area contributed by atoms with Crippen LogP contribution in [0.2, 0.25) is 0 Å². The first-order valence-corrected chi connectivity index (χ1v) is 7.71. The van der Waals surface area contributed by atoms with E-state index in [1.165, 1.54) is 0 Å². The molecule has 1 aliphatic heterocycles. The molecule has 106 valence electrons. The Morgan fingerprint density at radius 2 is 2.25 bits per heavy atom. The molecule has 0 spiro atoms. The largest absolute Gasteiger partial charge is 0.492 e. The van der Waals surface area contributed by atoms with Crippen LogP contribution in [0.25, 0.3) is 0 Å². The zero-order chi connectivity index (χ0) is 13.6. The van der Waals surface area contributed by atoms with Crippen molar-refractivity contribution >= 4 is 11.3 Å². The summed E-state index contributed by atoms with van der Waals surface area (Å²) in [4.78, 5) is 6.71. The van der Waals surface area contributed by atoms with Crippen LogP contribution >= 0.6 is 11.3 Å². The molecular weight excluding hydrogens is 272 g/mol. The highest BCUT2D eigenvalue weighted by Crippen LogP contribution is 2.23. The van der Waals surface area contributed by atoms with E-state index in [0.29, 0.717) is 6.61 Å². The summed E-state index contributed by atoms with van der Waals surface area (Å²) in [5.41, 5.74) is 0. The second kappa shape index (κ2) is 6.83. The number of para-hydroxylation sites is 1. The average molecular weight is 290 g/mol. The van der Waals surface area contributed by atoms with Gasteiger partial charge in [0.25, 0.3) is 0 Å². The maximum Gasteiger partial charge on any atom is 0.123 e. The first kappa shape index (κ1) is 13.5. The second-order valence-corrected chi connectivity index (χ2v) is 5.62. The predicted octanol–water partition coefficient (Wildman–Crippen LogP) is 2.60. The molecule has 0 amide bonds. The number of aromatic nitrogens is 1. The van der Waals surface area contributed by atoms with Crippen LogP contribution in [0.4, 0.5) is 0 Å². The molecule has 0 N–H and O–H groups in total. The minimum atomic E-state index is 0.112. The van der Waals surface area contributed by atoms with Gasteiger partial charge in [-0.05, 0) is 12.1 Å². The number of ether oxygens (including phenoxy) is 2. The molecule has 1 fully saturated rings. The summed E-state index contributed by atoms with van der Waals surface area (Å²) in [6.07, 6.45) is 1.95. The number of benzene rings is 1. The molecule has 1 aromatic heterocycles. The van der Waals surface area contributed by atoms with Gasteiger partial charge in [-0.3, -0.25) is 4.90 Å². The molecule has 20 heavy (non-hydrogen) atoms. The van der Waals surface area contributed by atoms with Crippen LogP contribution in [0.3, 0.4) is 0 Å². The van der Waals surface area contributed by atoms with Crippen molar-refractivity contribution in [2.75, 3.05) is 32.8 Å². The summed E-state index contributed by atoms with van der Waals surface area (Å²) in [6, 6.07) is 9.94. The normalized spacial score (nSPS) is 19.9. The van der Waals surface area contributed by atoms with Crippen LogP contribution in [0.5, 0.6) is 5.75 Å². The lowest BCUT2D eigenvalue weighted by Gasteiger charge is -2.31. The zero-order valence-corrected chi connectivity index (χ0v) is 12.1. The zero-order valence-electron chi connectivity index (χ0n) is 11.3. The number of hydrogen-bond acceptors (Lipinski definition) is 5. The minimum absolute atomic E-state index is 0.112. The van der Waals surface area contributed by atoms with E-state index in [-0.39, 0.29) is 6.10 Å². The number of rotatable bonds is 5. The summed E-state index contributed by atoms with van der Waals surface area (Å²) >= 11 is 1.66. The molecule has 0 radical (unpaired) electrons. The third-order valence-corrected chi connectivity index (χ3v) is 4.16. The van der Waals surface area contributed by atoms with E-state index in [9.17, 15) is 0 Å². The second-order valence-electron chi connectivity index (χ2n) is 4.69. The number of hydrogen-bond donors (Lipinski definition) is 0. The molecule has 1 saturated heterocycles. The summed E-state index contributed by atoms with van der Waals surface area (Å²) in [5.74, 6) is 0.928. The molecule has 3 rings (SSSR count). The van der Waals surface area contributed by atoms with Gasteiger partial charge >= 0.3 is 0 Å². The molecule has 5 heteroatoms. The highest BCUT2D eigenvalue weighted by molar-refractivity contribution is 7.09. The van der Waals surface area contributed by atoms with Crippen molar-refractivity contribution in [2.45, 2.75) is 6.10 Å². The van der Waals surface area contributed by atoms with E-state index in [4.69, 9.17) is 9.47 Å². The molecule has 1 aliphatic rings. The molecule has 1 aromatic carbocycles. The molecule has 0 bridgehead atoms. The topological polar surface area (TPSA) is 34.6 Å². The Kier molecular flexibility index (Phi) is 4.63. The van der Waals surface area contributed by atoms with Crippen LogP contribution in [-0.4, -0.2) is 42.7 Å². The van der Waals surface area contributed by atoms with Crippen LogP contribution in [0, 0.1) is 0 Å². The molecule has 1 atom stereocenters. The summed E-state index contributed by atoms with van der Waals surface area (Å²) in [6.45, 7) is 4.23. The van der Waals surface area contributed by atoms with Crippen LogP contribution in [0.15, 0.2) is 41.9 Å². The van der Waals surface area contributed by atoms with Crippen molar-refractivity contribution in [3.63, 3.8) is 0 Å². The van der Waals surface area contributed by atoms with Gasteiger partial charge in [0.15, 0.2) is 0 Å². The van der Waals surface area contributed by atoms with Gasteiger partial charge in [0.1, 0.15) is 23.5 Å². The fourth-order valence-corrected chi connectivity index (χ4v) is 2.94. The Morgan fingerprint density at radius 1 is 1.35 bits per heavy atom. The Morgan fingerprint density at radius 3 is 3.05 bits per heavy atom. The van der Waals surface area contributed by atoms with Crippen molar-refractivity contribution in [3.05, 3.63) is 46.9 Å². The lowest BCUT2D eigenvalue weighted by atomic mass is 10.3. The summed E-state index contributed by atoms with van der Waals surface area (Å²) in [5, 5.41) is 3.06. The van der Waals surface area contributed by atoms with Crippen molar-refractivity contribution in [1.82, 2.24) is 9.88 Å². The first-order valence-electron chi connectivity index (χ1n) is 6.83. The fraction of sp³-hybridized carbons (Fsp3) is 0.400. The molecule has 4 nitrogen and oxygen atoms in total. The van der Waals surface area contributed by atoms with Crippen LogP contribution in [0.1, 0.15) is 11.1 Å². The Labute approximate surface area is 123 Å². The smallest absolute Gasteiger partial charge is 0.123 e. The fourth-order valence-electron chi connectivity index (χ4n) is 2.26. The summed E-state index contributed by atoms with van der Waals surface area (Å²) < 4.78 is 11.5. The van der Waals surface area contributed by atoms with Crippen molar-refractivity contribution in [3.8, 4) is 5.75 Å². The Bertz CT molecular complexity index is 504. The lowest BCUT2D eigenvalue weighted by molar-refractivity contribution is -0.0329. The van der Waals surface area contributed by atoms with E-state index >= 15 is 0 Å². The maximum absolute atomic E-state index is 5.78. The monoisotopic (exact) mass is 290 g/mol. The Balaban J connectivity index is 1.46. The predicted molar refractivity (Wildman–Crippen MR) is 79.2 cm³/mol. The van der Waals surface area contributed by atoms with E-state index in [0.717, 1.165) is 37.0 Å². The molecular formula is C15H18N2O2S. The van der Waals surface area contributed by atoms with Crippen LogP contribution < -0.4 is 4.74 Å². The minimum Gasteiger partial charge on any atom is -0.492 e. The number of thiazole rings is 1. The molecule has 1 unspecified atom stereocenters. The highest BCUT2D eigenvalue weighted by atomic mass is 32.1. The third kappa shape index (κ3) is 3.56. The van der Waals surface area contributed by atoms with Gasteiger partial charge in [0, 0.05) is 31.2 Å². The lowest BCUT2D eigenvalue weighted by Crippen LogP contribution is -2.40.